The first kappa shape index (κ1) is 22.6. The molecule has 0 bridgehead atoms. The Labute approximate surface area is 187 Å². The maximum atomic E-state index is 13.7. The predicted molar refractivity (Wildman–Crippen MR) is 117 cm³/mol. The highest BCUT2D eigenvalue weighted by Gasteiger charge is 2.36. The van der Waals surface area contributed by atoms with Crippen molar-refractivity contribution in [3.63, 3.8) is 0 Å². The van der Waals surface area contributed by atoms with Crippen LogP contribution < -0.4 is 14.8 Å². The fourth-order valence-corrected chi connectivity index (χ4v) is 3.90. The molecule has 0 aliphatic carbocycles. The molecule has 1 heterocycles. The van der Waals surface area contributed by atoms with E-state index in [0.29, 0.717) is 35.4 Å². The van der Waals surface area contributed by atoms with E-state index in [9.17, 15) is 18.8 Å². The monoisotopic (exact) mass is 464 g/mol. The molecule has 0 unspecified atom stereocenters. The van der Waals surface area contributed by atoms with E-state index in [1.807, 2.05) is 6.92 Å². The normalized spacial score (nSPS) is 14.8. The van der Waals surface area contributed by atoms with E-state index in [4.69, 9.17) is 21.1 Å². The lowest BCUT2D eigenvalue weighted by molar-refractivity contribution is -0.127. The molecule has 10 heteroatoms. The van der Waals surface area contributed by atoms with Crippen LogP contribution in [-0.2, 0) is 9.59 Å². The molecule has 1 saturated heterocycles. The number of rotatable bonds is 7. The van der Waals surface area contributed by atoms with Gasteiger partial charge in [0, 0.05) is 0 Å². The number of hydrogen-bond donors (Lipinski definition) is 1. The summed E-state index contributed by atoms with van der Waals surface area (Å²) in [5, 5.41) is 2.03. The van der Waals surface area contributed by atoms with E-state index >= 15 is 0 Å². The van der Waals surface area contributed by atoms with Crippen LogP contribution in [0.3, 0.4) is 0 Å². The average molecular weight is 465 g/mol. The van der Waals surface area contributed by atoms with E-state index in [2.05, 4.69) is 5.32 Å². The zero-order valence-electron chi connectivity index (χ0n) is 16.6. The second-order valence-corrected chi connectivity index (χ2v) is 7.66. The minimum absolute atomic E-state index is 0.0360. The van der Waals surface area contributed by atoms with Crippen LogP contribution in [0.2, 0.25) is 5.02 Å². The Hall–Kier alpha value is -3.04. The zero-order chi connectivity index (χ0) is 22.5. The van der Waals surface area contributed by atoms with Gasteiger partial charge in [-0.25, -0.2) is 4.39 Å². The number of ether oxygens (including phenoxy) is 2. The van der Waals surface area contributed by atoms with Gasteiger partial charge in [-0.3, -0.25) is 19.3 Å². The summed E-state index contributed by atoms with van der Waals surface area (Å²) in [4.78, 5) is 38.0. The largest absolute Gasteiger partial charge is 0.493 e. The number of anilines is 1. The third kappa shape index (κ3) is 5.18. The van der Waals surface area contributed by atoms with Crippen molar-refractivity contribution in [2.75, 3.05) is 25.6 Å². The number of para-hydroxylation sites is 1. The van der Waals surface area contributed by atoms with E-state index in [1.54, 1.807) is 18.2 Å². The molecule has 1 fully saturated rings. The van der Waals surface area contributed by atoms with Crippen molar-refractivity contribution < 1.29 is 28.2 Å². The minimum atomic E-state index is -0.695. The SMILES string of the molecule is CCOc1c(Cl)cc(/C=C2\SC(=O)N(CC(=O)Nc3ccccc3F)C2=O)cc1OC. The molecule has 162 valence electrons. The van der Waals surface area contributed by atoms with Crippen LogP contribution in [0.25, 0.3) is 6.08 Å². The van der Waals surface area contributed by atoms with Gasteiger partial charge in [0.2, 0.25) is 5.91 Å². The third-order valence-corrected chi connectivity index (χ3v) is 5.35. The van der Waals surface area contributed by atoms with Crippen LogP contribution in [0.1, 0.15) is 12.5 Å². The van der Waals surface area contributed by atoms with Gasteiger partial charge in [-0.15, -0.1) is 0 Å². The quantitative estimate of drug-likeness (QED) is 0.604. The van der Waals surface area contributed by atoms with Crippen LogP contribution >= 0.6 is 23.4 Å². The smallest absolute Gasteiger partial charge is 0.294 e. The number of nitrogens with zero attached hydrogens (tertiary/aromatic N) is 1. The molecular weight excluding hydrogens is 447 g/mol. The summed E-state index contributed by atoms with van der Waals surface area (Å²) in [6.07, 6.45) is 1.48. The van der Waals surface area contributed by atoms with E-state index in [0.717, 1.165) is 4.90 Å². The number of methoxy groups -OCH3 is 1. The summed E-state index contributed by atoms with van der Waals surface area (Å²) in [7, 11) is 1.46. The fraction of sp³-hybridized carbons (Fsp3) is 0.190. The van der Waals surface area contributed by atoms with Crippen molar-refractivity contribution in [3.8, 4) is 11.5 Å². The molecule has 0 spiro atoms. The van der Waals surface area contributed by atoms with E-state index < -0.39 is 29.4 Å². The van der Waals surface area contributed by atoms with Gasteiger partial charge >= 0.3 is 0 Å². The molecular formula is C21H18ClFN2O5S. The van der Waals surface area contributed by atoms with Gasteiger partial charge in [0.15, 0.2) is 11.5 Å². The Bertz CT molecular complexity index is 1080. The summed E-state index contributed by atoms with van der Waals surface area (Å²) in [5.74, 6) is -1.20. The molecule has 0 saturated carbocycles. The molecule has 1 N–H and O–H groups in total. The Morgan fingerprint density at radius 3 is 2.71 bits per heavy atom. The van der Waals surface area contributed by atoms with Gasteiger partial charge in [0.1, 0.15) is 12.4 Å². The van der Waals surface area contributed by atoms with Gasteiger partial charge in [-0.05, 0) is 54.6 Å². The lowest BCUT2D eigenvalue weighted by Gasteiger charge is -2.13. The highest BCUT2D eigenvalue weighted by Crippen LogP contribution is 2.38. The molecule has 31 heavy (non-hydrogen) atoms. The standard InChI is InChI=1S/C21H18ClFN2O5S/c1-3-30-19-13(22)8-12(9-16(19)29-2)10-17-20(27)25(21(28)31-17)11-18(26)24-15-7-5-4-6-14(15)23/h4-10H,3,11H2,1-2H3,(H,24,26)/b17-10-. The Morgan fingerprint density at radius 1 is 1.29 bits per heavy atom. The lowest BCUT2D eigenvalue weighted by atomic mass is 10.1. The van der Waals surface area contributed by atoms with Crippen LogP contribution in [0.15, 0.2) is 41.3 Å². The number of amides is 3. The van der Waals surface area contributed by atoms with Gasteiger partial charge in [-0.1, -0.05) is 23.7 Å². The maximum absolute atomic E-state index is 13.7. The summed E-state index contributed by atoms with van der Waals surface area (Å²) < 4.78 is 24.4. The Kier molecular flexibility index (Phi) is 7.19. The summed E-state index contributed by atoms with van der Waals surface area (Å²) in [6, 6.07) is 8.80. The number of hydrogen-bond acceptors (Lipinski definition) is 6. The first-order chi connectivity index (χ1) is 14.8. The van der Waals surface area contributed by atoms with E-state index in [-0.39, 0.29) is 15.6 Å². The Morgan fingerprint density at radius 2 is 2.03 bits per heavy atom. The highest BCUT2D eigenvalue weighted by molar-refractivity contribution is 8.18. The second-order valence-electron chi connectivity index (χ2n) is 6.26. The minimum Gasteiger partial charge on any atom is -0.493 e. The van der Waals surface area contributed by atoms with Crippen molar-refractivity contribution in [3.05, 3.63) is 57.7 Å². The molecule has 3 rings (SSSR count). The predicted octanol–water partition coefficient (Wildman–Crippen LogP) is 4.56. The first-order valence-electron chi connectivity index (χ1n) is 9.14. The molecule has 3 amide bonds. The summed E-state index contributed by atoms with van der Waals surface area (Å²) >= 11 is 6.93. The van der Waals surface area contributed by atoms with Crippen LogP contribution in [0.4, 0.5) is 14.9 Å². The zero-order valence-corrected chi connectivity index (χ0v) is 18.2. The molecule has 2 aromatic carbocycles. The van der Waals surface area contributed by atoms with Crippen molar-refractivity contribution in [1.82, 2.24) is 4.90 Å². The lowest BCUT2D eigenvalue weighted by Crippen LogP contribution is -2.36. The summed E-state index contributed by atoms with van der Waals surface area (Å²) in [5.41, 5.74) is 0.484. The number of nitrogens with one attached hydrogen (secondary N) is 1. The van der Waals surface area contributed by atoms with Crippen molar-refractivity contribution in [2.24, 2.45) is 0 Å². The third-order valence-electron chi connectivity index (χ3n) is 4.16. The topological polar surface area (TPSA) is 84.9 Å². The molecule has 1 aliphatic rings. The number of thioether (sulfide) groups is 1. The van der Waals surface area contributed by atoms with Crippen LogP contribution in [-0.4, -0.2) is 42.2 Å². The van der Waals surface area contributed by atoms with Gasteiger partial charge in [0.05, 0.1) is 29.3 Å². The van der Waals surface area contributed by atoms with Gasteiger partial charge in [0.25, 0.3) is 11.1 Å². The maximum Gasteiger partial charge on any atom is 0.294 e. The summed E-state index contributed by atoms with van der Waals surface area (Å²) in [6.45, 7) is 1.66. The average Bonchev–Trinajstić information content (AvgIpc) is 2.98. The number of carbonyl (C=O) groups is 3. The second kappa shape index (κ2) is 9.84. The number of benzene rings is 2. The van der Waals surface area contributed by atoms with Crippen molar-refractivity contribution in [2.45, 2.75) is 6.92 Å². The molecule has 0 atom stereocenters. The van der Waals surface area contributed by atoms with Gasteiger partial charge in [-0.2, -0.15) is 0 Å². The van der Waals surface area contributed by atoms with Crippen molar-refractivity contribution in [1.29, 1.82) is 0 Å². The van der Waals surface area contributed by atoms with Crippen LogP contribution in [0.5, 0.6) is 11.5 Å². The molecule has 1 aliphatic heterocycles. The molecule has 7 nitrogen and oxygen atoms in total. The molecule has 0 radical (unpaired) electrons. The molecule has 0 aromatic heterocycles. The molecule has 2 aromatic rings. The van der Waals surface area contributed by atoms with E-state index in [1.165, 1.54) is 31.4 Å². The van der Waals surface area contributed by atoms with Crippen molar-refractivity contribution >= 4 is 52.2 Å². The van der Waals surface area contributed by atoms with Gasteiger partial charge < -0.3 is 14.8 Å². The fourth-order valence-electron chi connectivity index (χ4n) is 2.79. The number of halogens is 2. The highest BCUT2D eigenvalue weighted by atomic mass is 35.5. The number of imide groups is 1. The Balaban J connectivity index is 1.77. The van der Waals surface area contributed by atoms with Crippen LogP contribution in [0, 0.1) is 5.82 Å². The number of carbonyl (C=O) groups excluding carboxylic acids is 3. The first-order valence-corrected chi connectivity index (χ1v) is 10.3.